The molecule has 3 rings (SSSR count). The van der Waals surface area contributed by atoms with E-state index < -0.39 is 67.0 Å². The molecule has 2 heterocycles. The van der Waals surface area contributed by atoms with Gasteiger partial charge in [-0.3, -0.25) is 19.2 Å². The van der Waals surface area contributed by atoms with Crippen molar-refractivity contribution in [2.24, 2.45) is 0 Å². The molecule has 1 aromatic rings. The maximum Gasteiger partial charge on any atom is 0.303 e. The molecule has 12 heteroatoms. The summed E-state index contributed by atoms with van der Waals surface area (Å²) in [5, 5.41) is 0. The Morgan fingerprint density at radius 3 is 1.89 bits per heavy atom. The lowest BCUT2D eigenvalue weighted by atomic mass is 9.98. The lowest BCUT2D eigenvalue weighted by Crippen LogP contribution is -2.63. The molecule has 2 aliphatic rings. The first-order valence-corrected chi connectivity index (χ1v) is 11.4. The second kappa shape index (κ2) is 12.8. The minimum Gasteiger partial charge on any atom is -0.463 e. The lowest BCUT2D eigenvalue weighted by Gasteiger charge is -2.45. The molecule has 0 spiro atoms. The van der Waals surface area contributed by atoms with E-state index in [9.17, 15) is 19.2 Å². The van der Waals surface area contributed by atoms with Gasteiger partial charge in [-0.1, -0.05) is 30.3 Å². The predicted molar refractivity (Wildman–Crippen MR) is 118 cm³/mol. The van der Waals surface area contributed by atoms with Crippen LogP contribution in [-0.2, 0) is 57.1 Å². The van der Waals surface area contributed by atoms with Gasteiger partial charge in [0, 0.05) is 33.3 Å². The van der Waals surface area contributed by atoms with Crippen molar-refractivity contribution in [1.82, 2.24) is 0 Å². The zero-order valence-electron chi connectivity index (χ0n) is 20.4. The van der Waals surface area contributed by atoms with E-state index in [0.29, 0.717) is 0 Å². The van der Waals surface area contributed by atoms with E-state index in [0.717, 1.165) is 26.3 Å². The van der Waals surface area contributed by atoms with E-state index >= 15 is 0 Å². The average Bonchev–Trinajstić information content (AvgIpc) is 2.82. The van der Waals surface area contributed by atoms with Crippen LogP contribution < -0.4 is 0 Å². The normalized spacial score (nSPS) is 30.1. The smallest absolute Gasteiger partial charge is 0.303 e. The molecule has 12 nitrogen and oxygen atoms in total. The fraction of sp³-hybridized carbons (Fsp3) is 0.583. The molecule has 0 aromatic heterocycles. The minimum atomic E-state index is -1.31. The molecule has 3 unspecified atom stereocenters. The Bertz CT molecular complexity index is 911. The second-order valence-electron chi connectivity index (χ2n) is 8.24. The average molecular weight is 510 g/mol. The van der Waals surface area contributed by atoms with E-state index in [1.165, 1.54) is 6.92 Å². The van der Waals surface area contributed by atoms with Gasteiger partial charge in [-0.25, -0.2) is 0 Å². The third-order valence-electron chi connectivity index (χ3n) is 5.21. The van der Waals surface area contributed by atoms with E-state index in [1.807, 2.05) is 30.3 Å². The number of hydrogen-bond donors (Lipinski definition) is 0. The molecule has 36 heavy (non-hydrogen) atoms. The Hall–Kier alpha value is -3.06. The first kappa shape index (κ1) is 27.5. The molecule has 1 aromatic carbocycles. The van der Waals surface area contributed by atoms with Crippen molar-refractivity contribution in [3.63, 3.8) is 0 Å². The van der Waals surface area contributed by atoms with Crippen LogP contribution in [0.25, 0.3) is 0 Å². The van der Waals surface area contributed by atoms with Crippen molar-refractivity contribution in [2.75, 3.05) is 19.8 Å². The highest BCUT2D eigenvalue weighted by molar-refractivity contribution is 5.68. The largest absolute Gasteiger partial charge is 0.463 e. The van der Waals surface area contributed by atoms with E-state index in [1.54, 1.807) is 0 Å². The minimum absolute atomic E-state index is 0.117. The van der Waals surface area contributed by atoms with Crippen LogP contribution >= 0.6 is 0 Å². The number of esters is 4. The molecule has 0 radical (unpaired) electrons. The van der Waals surface area contributed by atoms with Crippen LogP contribution in [0.2, 0.25) is 0 Å². The summed E-state index contributed by atoms with van der Waals surface area (Å²) in [7, 11) is 0. The maximum absolute atomic E-state index is 11.9. The summed E-state index contributed by atoms with van der Waals surface area (Å²) < 4.78 is 44.7. The second-order valence-corrected chi connectivity index (χ2v) is 8.24. The first-order chi connectivity index (χ1) is 17.1. The Morgan fingerprint density at radius 1 is 0.778 bits per heavy atom. The molecule has 0 saturated carbocycles. The monoisotopic (exact) mass is 510 g/mol. The van der Waals surface area contributed by atoms with Gasteiger partial charge in [0.25, 0.3) is 0 Å². The summed E-state index contributed by atoms with van der Waals surface area (Å²) in [6, 6.07) is 9.34. The van der Waals surface area contributed by atoms with Crippen LogP contribution in [-0.4, -0.2) is 80.5 Å². The van der Waals surface area contributed by atoms with Crippen LogP contribution in [0.5, 0.6) is 0 Å². The molecule has 0 aliphatic carbocycles. The van der Waals surface area contributed by atoms with Crippen molar-refractivity contribution < 1.29 is 57.1 Å². The van der Waals surface area contributed by atoms with Crippen LogP contribution in [0.15, 0.2) is 30.3 Å². The van der Waals surface area contributed by atoms with Crippen LogP contribution in [0.1, 0.15) is 39.5 Å². The fourth-order valence-corrected chi connectivity index (χ4v) is 3.85. The number of carbonyl (C=O) groups excluding carboxylic acids is 4. The van der Waals surface area contributed by atoms with Gasteiger partial charge in [-0.2, -0.15) is 0 Å². The third-order valence-corrected chi connectivity index (χ3v) is 5.21. The van der Waals surface area contributed by atoms with Gasteiger partial charge in [-0.15, -0.1) is 0 Å². The van der Waals surface area contributed by atoms with Crippen molar-refractivity contribution >= 4 is 23.9 Å². The molecule has 0 amide bonds. The molecule has 2 fully saturated rings. The number of ether oxygens (including phenoxy) is 8. The molecular weight excluding hydrogens is 480 g/mol. The molecule has 198 valence electrons. The van der Waals surface area contributed by atoms with E-state index in [2.05, 4.69) is 0 Å². The van der Waals surface area contributed by atoms with Gasteiger partial charge in [-0.05, 0) is 0 Å². The van der Waals surface area contributed by atoms with Crippen molar-refractivity contribution in [1.29, 1.82) is 0 Å². The number of carbonyl (C=O) groups is 4. The summed E-state index contributed by atoms with van der Waals surface area (Å²) in [4.78, 5) is 47.0. The van der Waals surface area contributed by atoms with Crippen molar-refractivity contribution in [3.8, 4) is 0 Å². The van der Waals surface area contributed by atoms with Crippen LogP contribution in [0, 0.1) is 0 Å². The summed E-state index contributed by atoms with van der Waals surface area (Å²) >= 11 is 0. The summed E-state index contributed by atoms with van der Waals surface area (Å²) in [5.41, 5.74) is 0.836. The Labute approximate surface area is 208 Å². The third kappa shape index (κ3) is 7.72. The molecule has 0 bridgehead atoms. The standard InChI is InChI=1S/C24H30O12/c1-13(25)29-12-19-20(32-14(2)26)21(33-15(3)27)22(34-16(4)28)24(36-19)35-18-10-30-23(31-11-18)17-8-6-5-7-9-17/h5-9,18-24H,10-12H2,1-4H3/t18?,19?,20-,21?,22?,23?,24-/m1/s1. The summed E-state index contributed by atoms with van der Waals surface area (Å²) in [6.45, 7) is 4.55. The topological polar surface area (TPSA) is 142 Å². The Kier molecular flexibility index (Phi) is 9.76. The van der Waals surface area contributed by atoms with Gasteiger partial charge in [0.1, 0.15) is 18.8 Å². The molecular formula is C24H30O12. The van der Waals surface area contributed by atoms with Gasteiger partial charge >= 0.3 is 23.9 Å². The zero-order valence-corrected chi connectivity index (χ0v) is 20.4. The fourth-order valence-electron chi connectivity index (χ4n) is 3.85. The number of rotatable bonds is 8. The first-order valence-electron chi connectivity index (χ1n) is 11.4. The summed E-state index contributed by atoms with van der Waals surface area (Å²) in [6.07, 6.45) is -7.49. The molecule has 2 saturated heterocycles. The van der Waals surface area contributed by atoms with E-state index in [-0.39, 0.29) is 19.8 Å². The molecule has 0 N–H and O–H groups in total. The van der Waals surface area contributed by atoms with E-state index in [4.69, 9.17) is 37.9 Å². The van der Waals surface area contributed by atoms with Gasteiger partial charge < -0.3 is 37.9 Å². The van der Waals surface area contributed by atoms with Gasteiger partial charge in [0.15, 0.2) is 30.9 Å². The van der Waals surface area contributed by atoms with Crippen LogP contribution in [0.4, 0.5) is 0 Å². The number of hydrogen-bond acceptors (Lipinski definition) is 12. The molecule has 5 atom stereocenters. The Morgan fingerprint density at radius 2 is 1.33 bits per heavy atom. The maximum atomic E-state index is 11.9. The van der Waals surface area contributed by atoms with Gasteiger partial charge in [0.05, 0.1) is 13.2 Å². The highest BCUT2D eigenvalue weighted by Crippen LogP contribution is 2.32. The number of benzene rings is 1. The Balaban J connectivity index is 1.80. The SMILES string of the molecule is CC(=O)OCC1O[C@@H](OC2COC(c3ccccc3)OC2)C(OC(C)=O)C(OC(C)=O)[C@@H]1OC(C)=O. The zero-order chi connectivity index (χ0) is 26.2. The summed E-state index contributed by atoms with van der Waals surface area (Å²) in [5.74, 6) is -2.76. The molecule has 2 aliphatic heterocycles. The van der Waals surface area contributed by atoms with Crippen LogP contribution in [0.3, 0.4) is 0 Å². The van der Waals surface area contributed by atoms with Crippen molar-refractivity contribution in [2.45, 2.75) is 70.8 Å². The lowest BCUT2D eigenvalue weighted by molar-refractivity contribution is -0.335. The van der Waals surface area contributed by atoms with Gasteiger partial charge in [0.2, 0.25) is 0 Å². The predicted octanol–water partition coefficient (Wildman–Crippen LogP) is 1.20. The van der Waals surface area contributed by atoms with Crippen molar-refractivity contribution in [3.05, 3.63) is 35.9 Å². The quantitative estimate of drug-likeness (QED) is 0.366. The highest BCUT2D eigenvalue weighted by atomic mass is 16.8. The highest BCUT2D eigenvalue weighted by Gasteiger charge is 2.53.